The molecule has 0 aliphatic carbocycles. The third-order valence-corrected chi connectivity index (χ3v) is 3.59. The Hall–Kier alpha value is -2.30. The van der Waals surface area contributed by atoms with Crippen molar-refractivity contribution in [2.45, 2.75) is 19.9 Å². The van der Waals surface area contributed by atoms with E-state index in [1.54, 1.807) is 0 Å². The average molecular weight is 288 g/mol. The highest BCUT2D eigenvalue weighted by molar-refractivity contribution is 6.00. The highest BCUT2D eigenvalue weighted by atomic mass is 16.5. The molecule has 2 aromatic rings. The molecule has 1 amide bonds. The lowest BCUT2D eigenvalue weighted by molar-refractivity contribution is -0.144. The number of hydrogen-bond acceptors (Lipinski definition) is 3. The summed E-state index contributed by atoms with van der Waals surface area (Å²) in [6.45, 7) is 3.73. The van der Waals surface area contributed by atoms with Crippen molar-refractivity contribution in [2.24, 2.45) is 13.0 Å². The third kappa shape index (κ3) is 2.91. The molecule has 0 saturated heterocycles. The van der Waals surface area contributed by atoms with Crippen LogP contribution in [0.5, 0.6) is 0 Å². The molecule has 112 valence electrons. The number of carbonyl (C=O) groups excluding carboxylic acids is 2. The molecule has 0 radical (unpaired) electrons. The maximum Gasteiger partial charge on any atom is 0.328 e. The summed E-state index contributed by atoms with van der Waals surface area (Å²) < 4.78 is 6.56. The molecule has 2 rings (SSSR count). The second kappa shape index (κ2) is 5.99. The molecule has 0 spiro atoms. The Morgan fingerprint density at radius 1 is 1.24 bits per heavy atom. The lowest BCUT2D eigenvalue weighted by Crippen LogP contribution is -2.45. The van der Waals surface area contributed by atoms with Gasteiger partial charge in [0.2, 0.25) is 0 Å². The van der Waals surface area contributed by atoms with Crippen LogP contribution in [0.15, 0.2) is 30.3 Å². The summed E-state index contributed by atoms with van der Waals surface area (Å²) >= 11 is 0. The van der Waals surface area contributed by atoms with Gasteiger partial charge in [-0.1, -0.05) is 32.0 Å². The number of esters is 1. The SMILES string of the molecule is COC(=O)[C@H](NC(=O)c1cc2ccccc2n1C)C(C)C. The van der Waals surface area contributed by atoms with E-state index in [1.807, 2.05) is 55.8 Å². The molecule has 5 heteroatoms. The fourth-order valence-electron chi connectivity index (χ4n) is 2.35. The molecule has 5 nitrogen and oxygen atoms in total. The summed E-state index contributed by atoms with van der Waals surface area (Å²) in [6.07, 6.45) is 0. The van der Waals surface area contributed by atoms with Crippen LogP contribution in [0.1, 0.15) is 24.3 Å². The number of aryl methyl sites for hydroxylation is 1. The Morgan fingerprint density at radius 2 is 1.90 bits per heavy atom. The molecular weight excluding hydrogens is 268 g/mol. The van der Waals surface area contributed by atoms with Crippen LogP contribution in [0.2, 0.25) is 0 Å². The molecule has 0 fully saturated rings. The van der Waals surface area contributed by atoms with Crippen LogP contribution in [0, 0.1) is 5.92 Å². The van der Waals surface area contributed by atoms with E-state index in [9.17, 15) is 9.59 Å². The number of benzene rings is 1. The molecule has 0 saturated carbocycles. The number of hydrogen-bond donors (Lipinski definition) is 1. The molecule has 1 N–H and O–H groups in total. The number of fused-ring (bicyclic) bond motifs is 1. The predicted molar refractivity (Wildman–Crippen MR) is 81.0 cm³/mol. The minimum Gasteiger partial charge on any atom is -0.467 e. The lowest BCUT2D eigenvalue weighted by atomic mass is 10.0. The smallest absolute Gasteiger partial charge is 0.328 e. The van der Waals surface area contributed by atoms with E-state index >= 15 is 0 Å². The largest absolute Gasteiger partial charge is 0.467 e. The predicted octanol–water partition coefficient (Wildman–Crippen LogP) is 2.11. The Bertz CT molecular complexity index is 673. The van der Waals surface area contributed by atoms with Crippen LogP contribution >= 0.6 is 0 Å². The summed E-state index contributed by atoms with van der Waals surface area (Å²) in [5.74, 6) is -0.758. The first-order chi connectivity index (χ1) is 9.95. The van der Waals surface area contributed by atoms with Gasteiger partial charge in [-0.15, -0.1) is 0 Å². The Balaban J connectivity index is 2.29. The third-order valence-electron chi connectivity index (χ3n) is 3.59. The standard InChI is InChI=1S/C16H20N2O3/c1-10(2)14(16(20)21-4)17-15(19)13-9-11-7-5-6-8-12(11)18(13)3/h5-10,14H,1-4H3,(H,17,19)/t14-/m1/s1. The number of amides is 1. The maximum atomic E-state index is 12.4. The van der Waals surface area contributed by atoms with Crippen molar-refractivity contribution < 1.29 is 14.3 Å². The normalized spacial score (nSPS) is 12.4. The number of carbonyl (C=O) groups is 2. The van der Waals surface area contributed by atoms with Crippen LogP contribution in [-0.2, 0) is 16.6 Å². The van der Waals surface area contributed by atoms with Crippen molar-refractivity contribution in [3.05, 3.63) is 36.0 Å². The van der Waals surface area contributed by atoms with Gasteiger partial charge in [0.1, 0.15) is 11.7 Å². The monoisotopic (exact) mass is 288 g/mol. The van der Waals surface area contributed by atoms with Crippen molar-refractivity contribution >= 4 is 22.8 Å². The Morgan fingerprint density at radius 3 is 2.48 bits per heavy atom. The zero-order valence-corrected chi connectivity index (χ0v) is 12.7. The van der Waals surface area contributed by atoms with Gasteiger partial charge in [-0.2, -0.15) is 0 Å². The zero-order valence-electron chi connectivity index (χ0n) is 12.7. The molecule has 21 heavy (non-hydrogen) atoms. The van der Waals surface area contributed by atoms with E-state index in [1.165, 1.54) is 7.11 Å². The van der Waals surface area contributed by atoms with Crippen LogP contribution in [0.3, 0.4) is 0 Å². The molecule has 0 bridgehead atoms. The zero-order chi connectivity index (χ0) is 15.6. The summed E-state index contributed by atoms with van der Waals surface area (Å²) in [5.41, 5.74) is 1.49. The molecule has 0 aliphatic heterocycles. The molecular formula is C16H20N2O3. The van der Waals surface area contributed by atoms with E-state index in [-0.39, 0.29) is 11.8 Å². The average Bonchev–Trinajstić information content (AvgIpc) is 2.81. The van der Waals surface area contributed by atoms with Crippen molar-refractivity contribution in [3.8, 4) is 0 Å². The van der Waals surface area contributed by atoms with E-state index in [4.69, 9.17) is 4.74 Å². The van der Waals surface area contributed by atoms with Gasteiger partial charge in [-0.25, -0.2) is 4.79 Å². The van der Waals surface area contributed by atoms with Crippen LogP contribution in [0.25, 0.3) is 10.9 Å². The first kappa shape index (κ1) is 15.1. The molecule has 0 unspecified atom stereocenters. The van der Waals surface area contributed by atoms with Gasteiger partial charge in [0.25, 0.3) is 5.91 Å². The van der Waals surface area contributed by atoms with Gasteiger partial charge in [0, 0.05) is 18.0 Å². The Labute approximate surface area is 123 Å². The van der Waals surface area contributed by atoms with Crippen molar-refractivity contribution in [3.63, 3.8) is 0 Å². The van der Waals surface area contributed by atoms with Crippen molar-refractivity contribution in [2.75, 3.05) is 7.11 Å². The summed E-state index contributed by atoms with van der Waals surface area (Å²) in [6, 6.07) is 8.92. The maximum absolute atomic E-state index is 12.4. The van der Waals surface area contributed by atoms with E-state index in [0.717, 1.165) is 10.9 Å². The van der Waals surface area contributed by atoms with Gasteiger partial charge in [0.05, 0.1) is 7.11 Å². The number of methoxy groups -OCH3 is 1. The molecule has 1 aromatic carbocycles. The molecule has 0 aliphatic rings. The lowest BCUT2D eigenvalue weighted by Gasteiger charge is -2.19. The molecule has 1 heterocycles. The minimum atomic E-state index is -0.652. The van der Waals surface area contributed by atoms with Crippen LogP contribution in [-0.4, -0.2) is 29.6 Å². The Kier molecular flexibility index (Phi) is 4.31. The highest BCUT2D eigenvalue weighted by Crippen LogP contribution is 2.18. The first-order valence-electron chi connectivity index (χ1n) is 6.89. The number of para-hydroxylation sites is 1. The van der Waals surface area contributed by atoms with Crippen LogP contribution in [0.4, 0.5) is 0 Å². The quantitative estimate of drug-likeness (QED) is 0.877. The van der Waals surface area contributed by atoms with Crippen LogP contribution < -0.4 is 5.32 Å². The number of nitrogens with zero attached hydrogens (tertiary/aromatic N) is 1. The number of ether oxygens (including phenoxy) is 1. The molecule has 1 aromatic heterocycles. The topological polar surface area (TPSA) is 60.3 Å². The van der Waals surface area contributed by atoms with Crippen molar-refractivity contribution in [1.82, 2.24) is 9.88 Å². The minimum absolute atomic E-state index is 0.0453. The van der Waals surface area contributed by atoms with E-state index in [0.29, 0.717) is 5.69 Å². The summed E-state index contributed by atoms with van der Waals surface area (Å²) in [7, 11) is 3.15. The summed E-state index contributed by atoms with van der Waals surface area (Å²) in [4.78, 5) is 24.2. The number of rotatable bonds is 4. The van der Waals surface area contributed by atoms with E-state index < -0.39 is 12.0 Å². The van der Waals surface area contributed by atoms with Gasteiger partial charge in [-0.3, -0.25) is 4.79 Å². The van der Waals surface area contributed by atoms with Gasteiger partial charge >= 0.3 is 5.97 Å². The second-order valence-electron chi connectivity index (χ2n) is 5.37. The second-order valence-corrected chi connectivity index (χ2v) is 5.37. The highest BCUT2D eigenvalue weighted by Gasteiger charge is 2.26. The van der Waals surface area contributed by atoms with Gasteiger partial charge in [-0.05, 0) is 18.1 Å². The van der Waals surface area contributed by atoms with E-state index in [2.05, 4.69) is 5.32 Å². The van der Waals surface area contributed by atoms with Crippen molar-refractivity contribution in [1.29, 1.82) is 0 Å². The fourth-order valence-corrected chi connectivity index (χ4v) is 2.35. The van der Waals surface area contributed by atoms with Gasteiger partial charge in [0.15, 0.2) is 0 Å². The molecule has 1 atom stereocenters. The summed E-state index contributed by atoms with van der Waals surface area (Å²) in [5, 5.41) is 3.74. The first-order valence-corrected chi connectivity index (χ1v) is 6.89. The number of nitrogens with one attached hydrogen (secondary N) is 1. The number of aromatic nitrogens is 1. The fraction of sp³-hybridized carbons (Fsp3) is 0.375. The van der Waals surface area contributed by atoms with Gasteiger partial charge < -0.3 is 14.6 Å².